The van der Waals surface area contributed by atoms with Crippen LogP contribution in [0.2, 0.25) is 0 Å². The molecule has 21 heavy (non-hydrogen) atoms. The van der Waals surface area contributed by atoms with E-state index in [4.69, 9.17) is 0 Å². The smallest absolute Gasteiger partial charge is 0.356 e. The van der Waals surface area contributed by atoms with Gasteiger partial charge in [-0.2, -0.15) is 5.90 Å². The first kappa shape index (κ1) is 15.7. The second-order valence-electron chi connectivity index (χ2n) is 6.69. The molecule has 0 amide bonds. The fourth-order valence-corrected chi connectivity index (χ4v) is 3.54. The van der Waals surface area contributed by atoms with Gasteiger partial charge in [-0.05, 0) is 36.3 Å². The average Bonchev–Trinajstić information content (AvgIpc) is 2.81. The Balaban J connectivity index is 0.000000155. The van der Waals surface area contributed by atoms with Crippen molar-refractivity contribution in [3.05, 3.63) is 35.9 Å². The first-order chi connectivity index (χ1) is 9.83. The molecule has 2 saturated carbocycles. The van der Waals surface area contributed by atoms with E-state index in [9.17, 15) is 9.59 Å². The van der Waals surface area contributed by atoms with E-state index in [1.54, 1.807) is 24.3 Å². The molecule has 4 nitrogen and oxygen atoms in total. The molecule has 2 fully saturated rings. The van der Waals surface area contributed by atoms with Crippen LogP contribution in [0.4, 0.5) is 0 Å². The molecule has 0 aromatic heterocycles. The molecule has 2 aliphatic rings. The van der Waals surface area contributed by atoms with Crippen LogP contribution >= 0.6 is 0 Å². The van der Waals surface area contributed by atoms with E-state index in [0.29, 0.717) is 17.3 Å². The quantitative estimate of drug-likeness (QED) is 0.806. The van der Waals surface area contributed by atoms with Gasteiger partial charge < -0.3 is 4.84 Å². The van der Waals surface area contributed by atoms with Gasteiger partial charge in [0.2, 0.25) is 0 Å². The molecule has 3 rings (SSSR count). The minimum atomic E-state index is -0.513. The minimum absolute atomic E-state index is 0.0255. The van der Waals surface area contributed by atoms with Gasteiger partial charge in [0.05, 0.1) is 5.56 Å². The van der Waals surface area contributed by atoms with Crippen LogP contribution in [-0.4, -0.2) is 11.8 Å². The largest absolute Gasteiger partial charge is 0.370 e. The third-order valence-electron chi connectivity index (χ3n) is 5.60. The molecule has 0 heterocycles. The molecule has 2 unspecified atom stereocenters. The Kier molecular flexibility index (Phi) is 4.19. The number of carbonyl (C=O) groups excluding carboxylic acids is 2. The van der Waals surface area contributed by atoms with Crippen molar-refractivity contribution in [2.45, 2.75) is 40.0 Å². The number of Topliss-reactive ketones (excluding diaryl/α,β-unsaturated/α-hetero) is 1. The van der Waals surface area contributed by atoms with Crippen molar-refractivity contribution in [1.82, 2.24) is 0 Å². The molecule has 0 spiro atoms. The number of nitrogens with two attached hydrogens (primary N) is 1. The van der Waals surface area contributed by atoms with Crippen molar-refractivity contribution in [2.24, 2.45) is 22.6 Å². The van der Waals surface area contributed by atoms with Gasteiger partial charge >= 0.3 is 5.97 Å². The maximum Gasteiger partial charge on any atom is 0.356 e. The van der Waals surface area contributed by atoms with E-state index in [1.807, 2.05) is 6.07 Å². The summed E-state index contributed by atoms with van der Waals surface area (Å²) >= 11 is 0. The molecular weight excluding hydrogens is 266 g/mol. The summed E-state index contributed by atoms with van der Waals surface area (Å²) in [5.74, 6) is 5.33. The van der Waals surface area contributed by atoms with Gasteiger partial charge in [0.15, 0.2) is 0 Å². The number of ketones is 1. The number of benzene rings is 1. The lowest BCUT2D eigenvalue weighted by Gasteiger charge is -2.32. The third kappa shape index (κ3) is 2.60. The summed E-state index contributed by atoms with van der Waals surface area (Å²) < 4.78 is 0. The zero-order valence-corrected chi connectivity index (χ0v) is 12.9. The SMILES string of the molecule is CC12CCC(CC1=O)C2(C)C.NOC(=O)c1ccccc1. The molecule has 2 aliphatic carbocycles. The predicted octanol–water partition coefficient (Wildman–Crippen LogP) is 3.12. The summed E-state index contributed by atoms with van der Waals surface area (Å²) in [6, 6.07) is 8.57. The van der Waals surface area contributed by atoms with E-state index in [2.05, 4.69) is 31.5 Å². The lowest BCUT2D eigenvalue weighted by molar-refractivity contribution is -0.128. The van der Waals surface area contributed by atoms with Crippen LogP contribution in [0.15, 0.2) is 30.3 Å². The molecule has 2 bridgehead atoms. The summed E-state index contributed by atoms with van der Waals surface area (Å²) in [5.41, 5.74) is 0.770. The van der Waals surface area contributed by atoms with Crippen molar-refractivity contribution in [3.63, 3.8) is 0 Å². The molecule has 4 heteroatoms. The molecule has 1 aromatic rings. The zero-order valence-electron chi connectivity index (χ0n) is 12.9. The van der Waals surface area contributed by atoms with Crippen LogP contribution in [0, 0.1) is 16.7 Å². The minimum Gasteiger partial charge on any atom is -0.370 e. The molecular formula is C17H23NO3. The lowest BCUT2D eigenvalue weighted by atomic mass is 9.70. The van der Waals surface area contributed by atoms with Gasteiger partial charge in [-0.1, -0.05) is 39.0 Å². The van der Waals surface area contributed by atoms with Gasteiger partial charge in [-0.15, -0.1) is 0 Å². The molecule has 2 atom stereocenters. The van der Waals surface area contributed by atoms with Gasteiger partial charge in [-0.3, -0.25) is 4.79 Å². The monoisotopic (exact) mass is 289 g/mol. The van der Waals surface area contributed by atoms with Crippen LogP contribution in [0.1, 0.15) is 50.4 Å². The highest BCUT2D eigenvalue weighted by molar-refractivity contribution is 5.89. The van der Waals surface area contributed by atoms with Crippen LogP contribution in [0.3, 0.4) is 0 Å². The first-order valence-corrected chi connectivity index (χ1v) is 7.32. The molecule has 114 valence electrons. The van der Waals surface area contributed by atoms with Crippen LogP contribution in [0.25, 0.3) is 0 Å². The molecule has 1 aromatic carbocycles. The fourth-order valence-electron chi connectivity index (χ4n) is 3.54. The number of fused-ring (bicyclic) bond motifs is 2. The van der Waals surface area contributed by atoms with Crippen LogP contribution < -0.4 is 5.90 Å². The molecule has 0 aliphatic heterocycles. The van der Waals surface area contributed by atoms with Gasteiger partial charge in [0.25, 0.3) is 0 Å². The van der Waals surface area contributed by atoms with E-state index < -0.39 is 5.97 Å². The first-order valence-electron chi connectivity index (χ1n) is 7.32. The average molecular weight is 289 g/mol. The Morgan fingerprint density at radius 3 is 2.19 bits per heavy atom. The summed E-state index contributed by atoms with van der Waals surface area (Å²) in [7, 11) is 0. The van der Waals surface area contributed by atoms with Crippen molar-refractivity contribution in [3.8, 4) is 0 Å². The van der Waals surface area contributed by atoms with Gasteiger partial charge in [-0.25, -0.2) is 4.79 Å². The third-order valence-corrected chi connectivity index (χ3v) is 5.60. The fraction of sp³-hybridized carbons (Fsp3) is 0.529. The maximum atomic E-state index is 11.6. The van der Waals surface area contributed by atoms with E-state index in [0.717, 1.165) is 12.8 Å². The molecule has 2 N–H and O–H groups in total. The Hall–Kier alpha value is -1.68. The van der Waals surface area contributed by atoms with E-state index in [-0.39, 0.29) is 10.8 Å². The van der Waals surface area contributed by atoms with E-state index in [1.165, 1.54) is 6.42 Å². The van der Waals surface area contributed by atoms with Crippen LogP contribution in [0.5, 0.6) is 0 Å². The number of hydrogen-bond donors (Lipinski definition) is 1. The zero-order chi connectivity index (χ0) is 15.7. The normalized spacial score (nSPS) is 28.8. The number of rotatable bonds is 1. The Bertz CT molecular complexity index is 538. The van der Waals surface area contributed by atoms with Crippen molar-refractivity contribution in [1.29, 1.82) is 0 Å². The highest BCUT2D eigenvalue weighted by Crippen LogP contribution is 2.63. The number of hydrogen-bond acceptors (Lipinski definition) is 4. The summed E-state index contributed by atoms with van der Waals surface area (Å²) in [4.78, 5) is 26.2. The van der Waals surface area contributed by atoms with Crippen molar-refractivity contribution < 1.29 is 14.4 Å². The second-order valence-corrected chi connectivity index (χ2v) is 6.69. The van der Waals surface area contributed by atoms with Gasteiger partial charge in [0, 0.05) is 11.8 Å². The highest BCUT2D eigenvalue weighted by Gasteiger charge is 2.61. The maximum absolute atomic E-state index is 11.6. The Labute approximate surface area is 125 Å². The number of carbonyl (C=O) groups is 2. The van der Waals surface area contributed by atoms with Crippen molar-refractivity contribution in [2.75, 3.05) is 0 Å². The highest BCUT2D eigenvalue weighted by atomic mass is 16.7. The van der Waals surface area contributed by atoms with Crippen molar-refractivity contribution >= 4 is 11.8 Å². The van der Waals surface area contributed by atoms with E-state index >= 15 is 0 Å². The summed E-state index contributed by atoms with van der Waals surface area (Å²) in [6.07, 6.45) is 3.25. The Morgan fingerprint density at radius 1 is 1.24 bits per heavy atom. The second kappa shape index (κ2) is 5.60. The van der Waals surface area contributed by atoms with Crippen LogP contribution in [-0.2, 0) is 9.63 Å². The summed E-state index contributed by atoms with van der Waals surface area (Å²) in [6.45, 7) is 6.67. The lowest BCUT2D eigenvalue weighted by Crippen LogP contribution is -2.32. The standard InChI is InChI=1S/C10H16O.C7H7NO2/c1-9(2)7-4-5-10(9,3)8(11)6-7;8-10-7(9)6-4-2-1-3-5-6/h7H,4-6H2,1-3H3;1-5H,8H2. The Morgan fingerprint density at radius 2 is 1.86 bits per heavy atom. The summed E-state index contributed by atoms with van der Waals surface area (Å²) in [5, 5.41) is 0. The molecule has 0 saturated heterocycles. The topological polar surface area (TPSA) is 69.4 Å². The van der Waals surface area contributed by atoms with Gasteiger partial charge in [0.1, 0.15) is 5.78 Å². The molecule has 0 radical (unpaired) electrons. The predicted molar refractivity (Wildman–Crippen MR) is 80.3 cm³/mol.